The average Bonchev–Trinajstić information content (AvgIpc) is 3.19. The maximum atomic E-state index is 12.4. The second kappa shape index (κ2) is 6.49. The lowest BCUT2D eigenvalue weighted by atomic mass is 9.88. The lowest BCUT2D eigenvalue weighted by molar-refractivity contribution is -0.163. The third kappa shape index (κ3) is 2.75. The van der Waals surface area contributed by atoms with Crippen LogP contribution < -0.4 is 4.74 Å². The number of esters is 3. The van der Waals surface area contributed by atoms with E-state index in [0.717, 1.165) is 24.8 Å². The predicted octanol–water partition coefficient (Wildman–Crippen LogP) is 3.21. The fourth-order valence-electron chi connectivity index (χ4n) is 6.80. The van der Waals surface area contributed by atoms with Crippen molar-refractivity contribution in [3.05, 3.63) is 29.8 Å². The lowest BCUT2D eigenvalue weighted by Crippen LogP contribution is -2.37. The maximum absolute atomic E-state index is 12.4. The highest BCUT2D eigenvalue weighted by Crippen LogP contribution is 2.89. The highest BCUT2D eigenvalue weighted by Gasteiger charge is 2.88. The first kappa shape index (κ1) is 20.1. The summed E-state index contributed by atoms with van der Waals surface area (Å²) in [6, 6.07) is 7.18. The predicted molar refractivity (Wildman–Crippen MR) is 110 cm³/mol. The summed E-state index contributed by atoms with van der Waals surface area (Å²) in [5, 5.41) is 0. The van der Waals surface area contributed by atoms with Gasteiger partial charge < -0.3 is 18.9 Å². The molecule has 1 aromatic carbocycles. The normalized spacial score (nSPS) is 42.7. The summed E-state index contributed by atoms with van der Waals surface area (Å²) in [6.45, 7) is 5.95. The van der Waals surface area contributed by atoms with Crippen molar-refractivity contribution >= 4 is 17.9 Å². The van der Waals surface area contributed by atoms with Gasteiger partial charge in [0.2, 0.25) is 0 Å². The Morgan fingerprint density at radius 3 is 2.53 bits per heavy atom. The van der Waals surface area contributed by atoms with E-state index in [9.17, 15) is 14.4 Å². The number of carbonyl (C=O) groups is 3. The Balaban J connectivity index is 0.984. The molecular weight excluding hydrogens is 412 g/mol. The van der Waals surface area contributed by atoms with E-state index in [1.165, 1.54) is 0 Å². The molecule has 32 heavy (non-hydrogen) atoms. The number of fused-ring (bicyclic) bond motifs is 2. The standard InChI is InChI=1S/C25H28O7/c1-12(30-23(28)21-24(2)11-25(21,24)3)13-4-6-15(7-5-13)29-10-18(26)31-19-14-8-16-17(9-14)22(27)32-20(16)19/h4-7,12,14,16-17,19-21H,8-11H2,1-3H3. The molecule has 8 atom stereocenters. The molecule has 5 fully saturated rings. The molecule has 0 amide bonds. The molecule has 0 radical (unpaired) electrons. The van der Waals surface area contributed by atoms with Gasteiger partial charge in [0.15, 0.2) is 6.61 Å². The van der Waals surface area contributed by atoms with Crippen LogP contribution in [0.15, 0.2) is 24.3 Å². The number of benzene rings is 1. The maximum Gasteiger partial charge on any atom is 0.344 e. The highest BCUT2D eigenvalue weighted by molar-refractivity contribution is 5.82. The Labute approximate surface area is 186 Å². The van der Waals surface area contributed by atoms with E-state index >= 15 is 0 Å². The molecule has 1 aliphatic heterocycles. The number of hydrogen-bond acceptors (Lipinski definition) is 7. The van der Waals surface area contributed by atoms with Crippen molar-refractivity contribution in [1.29, 1.82) is 0 Å². The molecule has 6 rings (SSSR count). The van der Waals surface area contributed by atoms with Crippen LogP contribution in [0.4, 0.5) is 0 Å². The van der Waals surface area contributed by atoms with Gasteiger partial charge in [0.1, 0.15) is 24.1 Å². The fraction of sp³-hybridized carbons (Fsp3) is 0.640. The van der Waals surface area contributed by atoms with Gasteiger partial charge >= 0.3 is 17.9 Å². The first-order valence-corrected chi connectivity index (χ1v) is 11.5. The summed E-state index contributed by atoms with van der Waals surface area (Å²) < 4.78 is 22.3. The quantitative estimate of drug-likeness (QED) is 0.475. The summed E-state index contributed by atoms with van der Waals surface area (Å²) in [5.41, 5.74) is 1.17. The Kier molecular flexibility index (Phi) is 4.07. The van der Waals surface area contributed by atoms with Gasteiger partial charge in [-0.1, -0.05) is 26.0 Å². The molecule has 0 N–H and O–H groups in total. The van der Waals surface area contributed by atoms with Crippen molar-refractivity contribution in [2.24, 2.45) is 34.5 Å². The number of hydrogen-bond donors (Lipinski definition) is 0. The summed E-state index contributed by atoms with van der Waals surface area (Å²) in [7, 11) is 0. The smallest absolute Gasteiger partial charge is 0.344 e. The van der Waals surface area contributed by atoms with Crippen LogP contribution in [0.25, 0.3) is 0 Å². The number of ether oxygens (including phenoxy) is 4. The van der Waals surface area contributed by atoms with Crippen molar-refractivity contribution < 1.29 is 33.3 Å². The molecule has 2 bridgehead atoms. The van der Waals surface area contributed by atoms with Crippen LogP contribution in [0.1, 0.15) is 51.7 Å². The summed E-state index contributed by atoms with van der Waals surface area (Å²) in [6.07, 6.45) is 1.77. The molecule has 5 aliphatic rings. The molecule has 1 heterocycles. The van der Waals surface area contributed by atoms with Gasteiger partial charge in [-0.2, -0.15) is 0 Å². The van der Waals surface area contributed by atoms with Crippen LogP contribution in [0.2, 0.25) is 0 Å². The largest absolute Gasteiger partial charge is 0.482 e. The van der Waals surface area contributed by atoms with Crippen molar-refractivity contribution in [2.45, 2.75) is 58.3 Å². The molecular formula is C25H28O7. The molecule has 170 valence electrons. The van der Waals surface area contributed by atoms with E-state index in [0.29, 0.717) is 5.75 Å². The van der Waals surface area contributed by atoms with E-state index in [4.69, 9.17) is 18.9 Å². The van der Waals surface area contributed by atoms with Gasteiger partial charge in [-0.05, 0) is 54.7 Å². The van der Waals surface area contributed by atoms with Crippen molar-refractivity contribution in [1.82, 2.24) is 0 Å². The van der Waals surface area contributed by atoms with E-state index in [1.807, 2.05) is 19.1 Å². The van der Waals surface area contributed by atoms with Crippen molar-refractivity contribution in [3.8, 4) is 5.75 Å². The molecule has 7 heteroatoms. The lowest BCUT2D eigenvalue weighted by Gasteiger charge is -2.25. The molecule has 4 saturated carbocycles. The Bertz CT molecular complexity index is 988. The van der Waals surface area contributed by atoms with Gasteiger partial charge in [-0.15, -0.1) is 0 Å². The first-order chi connectivity index (χ1) is 15.2. The van der Waals surface area contributed by atoms with E-state index < -0.39 is 5.97 Å². The van der Waals surface area contributed by atoms with Gasteiger partial charge in [-0.25, -0.2) is 4.79 Å². The SMILES string of the molecule is CC(OC(=O)C1C2(C)CC12C)c1ccc(OCC(=O)OC2C3CC4C(=O)OC2C4C3)cc1. The van der Waals surface area contributed by atoms with Crippen LogP contribution in [0.3, 0.4) is 0 Å². The number of rotatable bonds is 7. The topological polar surface area (TPSA) is 88.1 Å². The van der Waals surface area contributed by atoms with Crippen LogP contribution in [0, 0.1) is 34.5 Å². The molecule has 1 saturated heterocycles. The zero-order valence-corrected chi connectivity index (χ0v) is 18.5. The van der Waals surface area contributed by atoms with Gasteiger partial charge in [0, 0.05) is 11.8 Å². The Morgan fingerprint density at radius 1 is 1.16 bits per heavy atom. The van der Waals surface area contributed by atoms with Crippen LogP contribution in [0.5, 0.6) is 5.75 Å². The van der Waals surface area contributed by atoms with Crippen molar-refractivity contribution in [2.75, 3.05) is 6.61 Å². The van der Waals surface area contributed by atoms with Gasteiger partial charge in [-0.3, -0.25) is 9.59 Å². The van der Waals surface area contributed by atoms with Crippen LogP contribution >= 0.6 is 0 Å². The zero-order chi connectivity index (χ0) is 22.4. The first-order valence-electron chi connectivity index (χ1n) is 11.5. The second-order valence-electron chi connectivity index (χ2n) is 10.7. The molecule has 8 unspecified atom stereocenters. The minimum Gasteiger partial charge on any atom is -0.482 e. The Hall–Kier alpha value is -2.57. The molecule has 0 spiro atoms. The molecule has 7 nitrogen and oxygen atoms in total. The second-order valence-corrected chi connectivity index (χ2v) is 10.7. The fourth-order valence-corrected chi connectivity index (χ4v) is 6.80. The molecule has 1 aromatic rings. The molecule has 0 aromatic heterocycles. The average molecular weight is 440 g/mol. The molecule has 4 aliphatic carbocycles. The highest BCUT2D eigenvalue weighted by atomic mass is 16.6. The third-order valence-electron chi connectivity index (χ3n) is 9.02. The van der Waals surface area contributed by atoms with Crippen molar-refractivity contribution in [3.63, 3.8) is 0 Å². The number of carbonyl (C=O) groups excluding carboxylic acids is 3. The monoisotopic (exact) mass is 440 g/mol. The van der Waals surface area contributed by atoms with Gasteiger partial charge in [0.05, 0.1) is 11.8 Å². The zero-order valence-electron chi connectivity index (χ0n) is 18.5. The minimum atomic E-state index is -0.460. The van der Waals surface area contributed by atoms with E-state index in [1.54, 1.807) is 12.1 Å². The summed E-state index contributed by atoms with van der Waals surface area (Å²) in [4.78, 5) is 36.6. The van der Waals surface area contributed by atoms with Gasteiger partial charge in [0.25, 0.3) is 0 Å². The summed E-state index contributed by atoms with van der Waals surface area (Å²) >= 11 is 0. The summed E-state index contributed by atoms with van der Waals surface area (Å²) in [5.74, 6) is 0.252. The Morgan fingerprint density at radius 2 is 1.88 bits per heavy atom. The van der Waals surface area contributed by atoms with Crippen LogP contribution in [-0.4, -0.2) is 36.7 Å². The van der Waals surface area contributed by atoms with E-state index in [2.05, 4.69) is 13.8 Å². The van der Waals surface area contributed by atoms with Crippen LogP contribution in [-0.2, 0) is 28.6 Å². The minimum absolute atomic E-state index is 0.00229. The van der Waals surface area contributed by atoms with E-state index in [-0.39, 0.29) is 71.4 Å². The third-order valence-corrected chi connectivity index (χ3v) is 9.02.